The third kappa shape index (κ3) is 10.3. The molecule has 9 heteroatoms. The van der Waals surface area contributed by atoms with Crippen LogP contribution < -0.4 is 0 Å². The number of carbonyl (C=O) groups is 2. The Hall–Kier alpha value is -0.489. The van der Waals surface area contributed by atoms with Crippen LogP contribution in [-0.2, 0) is 22.9 Å². The second kappa shape index (κ2) is 15.5. The van der Waals surface area contributed by atoms with Crippen LogP contribution in [0.25, 0.3) is 0 Å². The molecule has 0 aliphatic carbocycles. The standard InChI is InChI=1S/C24H53NO5Si3/c1-11-25(19-18-20-31(9,10)28-8)22(24(27)30-33(15-5,16-6)17-7)21-23(26)29-32(12-2,13-3)14-4/h22H,11-21H2,1-10H3. The maximum Gasteiger partial charge on any atom is 0.310 e. The first kappa shape index (κ1) is 32.5. The van der Waals surface area contributed by atoms with E-state index in [1.165, 1.54) is 0 Å². The van der Waals surface area contributed by atoms with E-state index < -0.39 is 31.0 Å². The van der Waals surface area contributed by atoms with Crippen molar-refractivity contribution in [1.29, 1.82) is 0 Å². The number of carbonyl (C=O) groups excluding carboxylic acids is 2. The van der Waals surface area contributed by atoms with E-state index in [1.807, 2.05) is 0 Å². The van der Waals surface area contributed by atoms with E-state index in [-0.39, 0.29) is 18.4 Å². The van der Waals surface area contributed by atoms with Gasteiger partial charge in [-0.3, -0.25) is 14.5 Å². The molecule has 0 aromatic heterocycles. The average Bonchev–Trinajstić information content (AvgIpc) is 2.82. The summed E-state index contributed by atoms with van der Waals surface area (Å²) in [6.07, 6.45) is 1.02. The first-order valence-corrected chi connectivity index (χ1v) is 21.4. The topological polar surface area (TPSA) is 65.1 Å². The molecular weight excluding hydrogens is 467 g/mol. The van der Waals surface area contributed by atoms with Crippen LogP contribution in [0.5, 0.6) is 0 Å². The van der Waals surface area contributed by atoms with Gasteiger partial charge in [-0.1, -0.05) is 48.5 Å². The molecule has 0 radical (unpaired) electrons. The highest BCUT2D eigenvalue weighted by Crippen LogP contribution is 2.26. The molecule has 0 rings (SSSR count). The van der Waals surface area contributed by atoms with E-state index in [2.05, 4.69) is 66.5 Å². The number of likely N-dealkylation sites (N-methyl/N-ethyl adjacent to an activating group) is 1. The Bertz CT molecular complexity index is 564. The van der Waals surface area contributed by atoms with E-state index >= 15 is 0 Å². The predicted octanol–water partition coefficient (Wildman–Crippen LogP) is 6.41. The number of hydrogen-bond acceptors (Lipinski definition) is 6. The molecule has 1 unspecified atom stereocenters. The monoisotopic (exact) mass is 519 g/mol. The Balaban J connectivity index is 5.72. The Morgan fingerprint density at radius 3 is 1.64 bits per heavy atom. The maximum absolute atomic E-state index is 13.5. The summed E-state index contributed by atoms with van der Waals surface area (Å²) >= 11 is 0. The van der Waals surface area contributed by atoms with E-state index in [4.69, 9.17) is 13.3 Å². The fraction of sp³-hybridized carbons (Fsp3) is 0.917. The van der Waals surface area contributed by atoms with Crippen LogP contribution >= 0.6 is 0 Å². The molecule has 0 saturated carbocycles. The van der Waals surface area contributed by atoms with Crippen LogP contribution in [-0.4, -0.2) is 68.0 Å². The third-order valence-electron chi connectivity index (χ3n) is 7.77. The zero-order chi connectivity index (χ0) is 25.7. The summed E-state index contributed by atoms with van der Waals surface area (Å²) in [5, 5.41) is 0. The summed E-state index contributed by atoms with van der Waals surface area (Å²) < 4.78 is 18.1. The van der Waals surface area contributed by atoms with Crippen molar-refractivity contribution in [2.75, 3.05) is 20.2 Å². The molecule has 0 aliphatic rings. The molecule has 0 spiro atoms. The molecule has 0 aromatic rings. The smallest absolute Gasteiger partial charge is 0.310 e. The first-order chi connectivity index (χ1) is 15.5. The zero-order valence-corrected chi connectivity index (χ0v) is 26.3. The van der Waals surface area contributed by atoms with Crippen LogP contribution in [0.15, 0.2) is 0 Å². The summed E-state index contributed by atoms with van der Waals surface area (Å²) in [5.74, 6) is -0.470. The van der Waals surface area contributed by atoms with Crippen molar-refractivity contribution in [3.05, 3.63) is 0 Å². The SMILES string of the molecule is CCN(CCC[Si](C)(C)OC)C(CC(=O)O[Si](CC)(CC)CC)C(=O)O[Si](CC)(CC)CC. The van der Waals surface area contributed by atoms with Crippen LogP contribution in [0.1, 0.15) is 61.3 Å². The van der Waals surface area contributed by atoms with Crippen molar-refractivity contribution in [3.8, 4) is 0 Å². The van der Waals surface area contributed by atoms with Crippen molar-refractivity contribution in [2.45, 2.75) is 123 Å². The van der Waals surface area contributed by atoms with Gasteiger partial charge >= 0.3 is 5.97 Å². The molecule has 0 bridgehead atoms. The van der Waals surface area contributed by atoms with Crippen molar-refractivity contribution in [2.24, 2.45) is 0 Å². The fourth-order valence-corrected chi connectivity index (χ4v) is 10.6. The molecule has 0 aromatic carbocycles. The molecule has 0 saturated heterocycles. The lowest BCUT2D eigenvalue weighted by Gasteiger charge is -2.35. The lowest BCUT2D eigenvalue weighted by molar-refractivity contribution is -0.147. The predicted molar refractivity (Wildman–Crippen MR) is 146 cm³/mol. The molecule has 6 nitrogen and oxygen atoms in total. The molecule has 0 fully saturated rings. The molecule has 0 aliphatic heterocycles. The largest absolute Gasteiger partial charge is 0.519 e. The summed E-state index contributed by atoms with van der Waals surface area (Å²) in [6, 6.07) is 5.87. The quantitative estimate of drug-likeness (QED) is 0.195. The van der Waals surface area contributed by atoms with Gasteiger partial charge in [-0.2, -0.15) is 0 Å². The highest BCUT2D eigenvalue weighted by molar-refractivity contribution is 6.75. The first-order valence-electron chi connectivity index (χ1n) is 13.2. The minimum atomic E-state index is -2.12. The molecule has 0 heterocycles. The molecule has 0 N–H and O–H groups in total. The van der Waals surface area contributed by atoms with Crippen molar-refractivity contribution >= 4 is 36.9 Å². The molecule has 33 heavy (non-hydrogen) atoms. The van der Waals surface area contributed by atoms with Crippen molar-refractivity contribution in [3.63, 3.8) is 0 Å². The van der Waals surface area contributed by atoms with Crippen molar-refractivity contribution in [1.82, 2.24) is 4.90 Å². The van der Waals surface area contributed by atoms with Gasteiger partial charge in [0.1, 0.15) is 6.04 Å². The van der Waals surface area contributed by atoms with E-state index in [0.717, 1.165) is 55.3 Å². The van der Waals surface area contributed by atoms with E-state index in [1.54, 1.807) is 7.11 Å². The van der Waals surface area contributed by atoms with Gasteiger partial charge < -0.3 is 13.3 Å². The lowest BCUT2D eigenvalue weighted by Crippen LogP contribution is -2.50. The minimum absolute atomic E-state index is 0.0775. The van der Waals surface area contributed by atoms with Gasteiger partial charge in [0.05, 0.1) is 6.42 Å². The van der Waals surface area contributed by atoms with Crippen LogP contribution in [0.4, 0.5) is 0 Å². The highest BCUT2D eigenvalue weighted by atomic mass is 28.4. The van der Waals surface area contributed by atoms with Crippen LogP contribution in [0.3, 0.4) is 0 Å². The van der Waals surface area contributed by atoms with Gasteiger partial charge in [-0.05, 0) is 74.9 Å². The summed E-state index contributed by atoms with van der Waals surface area (Å²) in [6.45, 7) is 20.6. The molecular formula is C24H53NO5Si3. The van der Waals surface area contributed by atoms with Crippen molar-refractivity contribution < 1.29 is 22.9 Å². The maximum atomic E-state index is 13.5. The second-order valence-corrected chi connectivity index (χ2v) is 23.6. The Morgan fingerprint density at radius 1 is 0.788 bits per heavy atom. The highest BCUT2D eigenvalue weighted by Gasteiger charge is 2.39. The number of rotatable bonds is 18. The summed E-state index contributed by atoms with van der Waals surface area (Å²) in [7, 11) is -4.08. The Labute approximate surface area is 207 Å². The van der Waals surface area contributed by atoms with Gasteiger partial charge in [0.2, 0.25) is 0 Å². The average molecular weight is 520 g/mol. The van der Waals surface area contributed by atoms with Gasteiger partial charge in [-0.25, -0.2) is 0 Å². The molecule has 1 atom stereocenters. The van der Waals surface area contributed by atoms with Crippen LogP contribution in [0.2, 0.25) is 55.4 Å². The fourth-order valence-electron chi connectivity index (χ4n) is 4.36. The summed E-state index contributed by atoms with van der Waals surface area (Å²) in [5.41, 5.74) is 0. The minimum Gasteiger partial charge on any atom is -0.519 e. The van der Waals surface area contributed by atoms with Gasteiger partial charge in [0.25, 0.3) is 22.6 Å². The Kier molecular flexibility index (Phi) is 15.3. The van der Waals surface area contributed by atoms with E-state index in [9.17, 15) is 9.59 Å². The van der Waals surface area contributed by atoms with E-state index in [0.29, 0.717) is 6.54 Å². The lowest BCUT2D eigenvalue weighted by atomic mass is 10.1. The Morgan fingerprint density at radius 2 is 1.24 bits per heavy atom. The zero-order valence-electron chi connectivity index (χ0n) is 23.3. The molecule has 0 amide bonds. The van der Waals surface area contributed by atoms with Gasteiger partial charge in [0, 0.05) is 7.11 Å². The second-order valence-electron chi connectivity index (χ2n) is 9.80. The summed E-state index contributed by atoms with van der Waals surface area (Å²) in [4.78, 5) is 28.7. The number of hydrogen-bond donors (Lipinski definition) is 0. The van der Waals surface area contributed by atoms with Gasteiger partial charge in [-0.15, -0.1) is 0 Å². The third-order valence-corrected chi connectivity index (χ3v) is 19.5. The number of nitrogens with zero attached hydrogens (tertiary/aromatic N) is 1. The van der Waals surface area contributed by atoms with Gasteiger partial charge in [0.15, 0.2) is 8.32 Å². The van der Waals surface area contributed by atoms with Crippen LogP contribution in [0, 0.1) is 0 Å². The normalized spacial score (nSPS) is 13.8. The molecule has 196 valence electrons.